The molecule has 0 aliphatic carbocycles. The summed E-state index contributed by atoms with van der Waals surface area (Å²) in [4.78, 5) is 16.2. The molecule has 0 aliphatic heterocycles. The fourth-order valence-electron chi connectivity index (χ4n) is 2.73. The van der Waals surface area contributed by atoms with Crippen molar-refractivity contribution in [2.24, 2.45) is 10.7 Å². The Morgan fingerprint density at radius 1 is 1.07 bits per heavy atom. The lowest BCUT2D eigenvalue weighted by atomic mass is 10.0. The van der Waals surface area contributed by atoms with E-state index in [-0.39, 0.29) is 18.4 Å². The molecule has 6 heteroatoms. The first-order valence-electron chi connectivity index (χ1n) is 9.14. The van der Waals surface area contributed by atoms with Crippen LogP contribution in [0.25, 0.3) is 0 Å². The molecular weight excluding hydrogens is 340 g/mol. The zero-order valence-corrected chi connectivity index (χ0v) is 16.2. The van der Waals surface area contributed by atoms with E-state index in [9.17, 15) is 4.79 Å². The van der Waals surface area contributed by atoms with Crippen molar-refractivity contribution in [1.29, 1.82) is 0 Å². The first-order valence-corrected chi connectivity index (χ1v) is 9.14. The lowest BCUT2D eigenvalue weighted by Crippen LogP contribution is -2.29. The molecule has 0 bridgehead atoms. The maximum Gasteiger partial charge on any atom is 0.242 e. The maximum absolute atomic E-state index is 12.0. The van der Waals surface area contributed by atoms with Crippen molar-refractivity contribution in [2.75, 3.05) is 19.0 Å². The standard InChI is InChI=1S/C21H28N4O2/c1-4-16-7-6-8-17(5-2)20(16)25-21(22)24-14-19(26)23-13-15-9-11-18(27-3)12-10-15/h6-12H,4-5,13-14H2,1-3H3,(H,23,26)(H3,22,24,25). The van der Waals surface area contributed by atoms with E-state index in [1.165, 1.54) is 11.1 Å². The smallest absolute Gasteiger partial charge is 0.242 e. The van der Waals surface area contributed by atoms with Crippen LogP contribution in [0.2, 0.25) is 0 Å². The van der Waals surface area contributed by atoms with Crippen LogP contribution in [0.15, 0.2) is 47.5 Å². The molecule has 0 radical (unpaired) electrons. The average Bonchev–Trinajstić information content (AvgIpc) is 2.71. The summed E-state index contributed by atoms with van der Waals surface area (Å²) in [7, 11) is 1.62. The highest BCUT2D eigenvalue weighted by Crippen LogP contribution is 2.22. The minimum atomic E-state index is -0.185. The quantitative estimate of drug-likeness (QED) is 0.494. The number of nitrogens with one attached hydrogen (secondary N) is 2. The van der Waals surface area contributed by atoms with Gasteiger partial charge in [-0.2, -0.15) is 0 Å². The maximum atomic E-state index is 12.0. The van der Waals surface area contributed by atoms with Crippen LogP contribution in [-0.2, 0) is 24.2 Å². The Morgan fingerprint density at radius 2 is 1.70 bits per heavy atom. The Kier molecular flexibility index (Phi) is 7.67. The van der Waals surface area contributed by atoms with Crippen molar-refractivity contribution >= 4 is 17.6 Å². The summed E-state index contributed by atoms with van der Waals surface area (Å²) in [5, 5.41) is 5.99. The summed E-state index contributed by atoms with van der Waals surface area (Å²) >= 11 is 0. The van der Waals surface area contributed by atoms with E-state index in [4.69, 9.17) is 10.5 Å². The lowest BCUT2D eigenvalue weighted by molar-refractivity contribution is -0.119. The fourth-order valence-corrected chi connectivity index (χ4v) is 2.73. The van der Waals surface area contributed by atoms with Gasteiger partial charge in [0.15, 0.2) is 5.96 Å². The average molecular weight is 368 g/mol. The van der Waals surface area contributed by atoms with Gasteiger partial charge in [-0.3, -0.25) is 4.79 Å². The molecule has 0 unspecified atom stereocenters. The Hall–Kier alpha value is -3.02. The molecule has 0 aliphatic rings. The van der Waals surface area contributed by atoms with Crippen LogP contribution in [-0.4, -0.2) is 25.5 Å². The third-order valence-electron chi connectivity index (χ3n) is 4.29. The van der Waals surface area contributed by atoms with Gasteiger partial charge in [-0.1, -0.05) is 44.2 Å². The van der Waals surface area contributed by atoms with Crippen molar-refractivity contribution < 1.29 is 9.53 Å². The van der Waals surface area contributed by atoms with Crippen molar-refractivity contribution in [1.82, 2.24) is 5.32 Å². The molecule has 0 atom stereocenters. The Balaban J connectivity index is 1.90. The number of nitrogens with two attached hydrogens (primary N) is 1. The van der Waals surface area contributed by atoms with Crippen LogP contribution < -0.4 is 21.1 Å². The van der Waals surface area contributed by atoms with Gasteiger partial charge in [0, 0.05) is 12.2 Å². The largest absolute Gasteiger partial charge is 0.497 e. The first-order chi connectivity index (χ1) is 13.1. The number of benzene rings is 2. The van der Waals surface area contributed by atoms with Crippen LogP contribution in [0.5, 0.6) is 5.75 Å². The van der Waals surface area contributed by atoms with E-state index in [0.29, 0.717) is 6.54 Å². The number of hydrogen-bond acceptors (Lipinski definition) is 3. The molecule has 2 aromatic rings. The Bertz CT molecular complexity index is 763. The molecule has 0 saturated heterocycles. The second-order valence-electron chi connectivity index (χ2n) is 6.11. The van der Waals surface area contributed by atoms with Crippen molar-refractivity contribution in [3.8, 4) is 5.75 Å². The number of amides is 1. The molecule has 0 heterocycles. The van der Waals surface area contributed by atoms with Gasteiger partial charge in [-0.15, -0.1) is 0 Å². The fraction of sp³-hybridized carbons (Fsp3) is 0.333. The van der Waals surface area contributed by atoms with E-state index in [1.807, 2.05) is 30.3 Å². The van der Waals surface area contributed by atoms with E-state index in [1.54, 1.807) is 7.11 Å². The van der Waals surface area contributed by atoms with Crippen molar-refractivity contribution in [3.63, 3.8) is 0 Å². The summed E-state index contributed by atoms with van der Waals surface area (Å²) in [6.45, 7) is 4.61. The van der Waals surface area contributed by atoms with Gasteiger partial charge in [0.2, 0.25) is 5.91 Å². The number of anilines is 1. The second kappa shape index (κ2) is 10.2. The highest BCUT2D eigenvalue weighted by atomic mass is 16.5. The molecule has 2 rings (SSSR count). The van der Waals surface area contributed by atoms with Gasteiger partial charge < -0.3 is 21.1 Å². The minimum absolute atomic E-state index is 0.0231. The number of rotatable bonds is 8. The van der Waals surface area contributed by atoms with Gasteiger partial charge in [-0.05, 0) is 41.7 Å². The molecule has 0 fully saturated rings. The third-order valence-corrected chi connectivity index (χ3v) is 4.29. The number of guanidine groups is 1. The summed E-state index contributed by atoms with van der Waals surface area (Å²) < 4.78 is 5.12. The molecule has 0 spiro atoms. The molecule has 0 aromatic heterocycles. The number of ether oxygens (including phenoxy) is 1. The normalized spacial score (nSPS) is 11.1. The molecular formula is C21H28N4O2. The monoisotopic (exact) mass is 368 g/mol. The van der Waals surface area contributed by atoms with Gasteiger partial charge in [0.05, 0.1) is 7.11 Å². The van der Waals surface area contributed by atoms with Crippen LogP contribution in [0, 0.1) is 0 Å². The summed E-state index contributed by atoms with van der Waals surface area (Å²) in [6, 6.07) is 13.7. The SMILES string of the molecule is CCc1cccc(CC)c1NC(N)=NCC(=O)NCc1ccc(OC)cc1. The van der Waals surface area contributed by atoms with E-state index >= 15 is 0 Å². The van der Waals surface area contributed by atoms with Crippen LogP contribution in [0.4, 0.5) is 5.69 Å². The Morgan fingerprint density at radius 3 is 2.26 bits per heavy atom. The van der Waals surface area contributed by atoms with Crippen LogP contribution in [0.1, 0.15) is 30.5 Å². The highest BCUT2D eigenvalue weighted by Gasteiger charge is 2.08. The van der Waals surface area contributed by atoms with Gasteiger partial charge in [-0.25, -0.2) is 4.99 Å². The number of hydrogen-bond donors (Lipinski definition) is 3. The second-order valence-corrected chi connectivity index (χ2v) is 6.11. The van der Waals surface area contributed by atoms with Gasteiger partial charge in [0.1, 0.15) is 12.3 Å². The molecule has 0 saturated carbocycles. The van der Waals surface area contributed by atoms with E-state index in [2.05, 4.69) is 41.6 Å². The number of methoxy groups -OCH3 is 1. The van der Waals surface area contributed by atoms with Crippen LogP contribution >= 0.6 is 0 Å². The molecule has 144 valence electrons. The predicted octanol–water partition coefficient (Wildman–Crippen LogP) is 2.86. The van der Waals surface area contributed by atoms with Crippen LogP contribution in [0.3, 0.4) is 0 Å². The first kappa shape index (κ1) is 20.3. The number of carbonyl (C=O) groups excluding carboxylic acids is 1. The number of para-hydroxylation sites is 1. The minimum Gasteiger partial charge on any atom is -0.497 e. The molecule has 1 amide bonds. The van der Waals surface area contributed by atoms with E-state index < -0.39 is 0 Å². The number of aryl methyl sites for hydroxylation is 2. The van der Waals surface area contributed by atoms with Crippen molar-refractivity contribution in [2.45, 2.75) is 33.2 Å². The zero-order chi connectivity index (χ0) is 19.6. The molecule has 4 N–H and O–H groups in total. The molecule has 27 heavy (non-hydrogen) atoms. The topological polar surface area (TPSA) is 88.7 Å². The molecule has 6 nitrogen and oxygen atoms in total. The Labute approximate surface area is 160 Å². The number of nitrogens with zero attached hydrogens (tertiary/aromatic N) is 1. The van der Waals surface area contributed by atoms with Crippen molar-refractivity contribution in [3.05, 3.63) is 59.2 Å². The highest BCUT2D eigenvalue weighted by molar-refractivity contribution is 5.95. The summed E-state index contributed by atoms with van der Waals surface area (Å²) in [5.41, 5.74) is 10.3. The lowest BCUT2D eigenvalue weighted by Gasteiger charge is -2.14. The summed E-state index contributed by atoms with van der Waals surface area (Å²) in [6.07, 6.45) is 1.79. The number of aliphatic imine (C=N–C) groups is 1. The zero-order valence-electron chi connectivity index (χ0n) is 16.2. The summed E-state index contributed by atoms with van der Waals surface area (Å²) in [5.74, 6) is 0.840. The predicted molar refractivity (Wildman–Crippen MR) is 110 cm³/mol. The third kappa shape index (κ3) is 6.02. The number of carbonyl (C=O) groups is 1. The van der Waals surface area contributed by atoms with Gasteiger partial charge in [0.25, 0.3) is 0 Å². The molecule has 2 aromatic carbocycles. The van der Waals surface area contributed by atoms with Gasteiger partial charge >= 0.3 is 0 Å². The van der Waals surface area contributed by atoms with E-state index in [0.717, 1.165) is 29.8 Å².